The van der Waals surface area contributed by atoms with Gasteiger partial charge in [-0.1, -0.05) is 6.07 Å². The predicted molar refractivity (Wildman–Crippen MR) is 78.5 cm³/mol. The number of para-hydroxylation sites is 1. The van der Waals surface area contributed by atoms with Crippen molar-refractivity contribution in [3.63, 3.8) is 0 Å². The van der Waals surface area contributed by atoms with Crippen LogP contribution in [0, 0.1) is 16.0 Å². The van der Waals surface area contributed by atoms with E-state index in [1.165, 1.54) is 25.0 Å². The predicted octanol–water partition coefficient (Wildman–Crippen LogP) is 1.79. The number of hydrogen-bond donors (Lipinski definition) is 2. The number of carbonyl (C=O) groups is 1. The molecule has 2 rings (SSSR count). The third-order valence-electron chi connectivity index (χ3n) is 3.32. The Morgan fingerprint density at radius 1 is 1.48 bits per heavy atom. The van der Waals surface area contributed by atoms with Gasteiger partial charge in [-0.15, -0.1) is 0 Å². The molecule has 1 aliphatic rings. The van der Waals surface area contributed by atoms with Crippen LogP contribution in [0.5, 0.6) is 0 Å². The highest BCUT2D eigenvalue weighted by atomic mass is 16.6. The van der Waals surface area contributed by atoms with Gasteiger partial charge in [0.1, 0.15) is 5.69 Å². The van der Waals surface area contributed by atoms with E-state index in [4.69, 9.17) is 4.74 Å². The van der Waals surface area contributed by atoms with Gasteiger partial charge in [0.05, 0.1) is 17.1 Å². The fraction of sp³-hybridized carbons (Fsp3) is 0.500. The number of ether oxygens (including phenoxy) is 1. The lowest BCUT2D eigenvalue weighted by Gasteiger charge is -2.10. The molecule has 0 radical (unpaired) electrons. The van der Waals surface area contributed by atoms with Crippen LogP contribution in [-0.2, 0) is 4.74 Å². The Balaban J connectivity index is 1.91. The molecule has 1 fully saturated rings. The lowest BCUT2D eigenvalue weighted by atomic mass is 10.1. The van der Waals surface area contributed by atoms with Crippen molar-refractivity contribution in [2.75, 3.05) is 32.1 Å². The van der Waals surface area contributed by atoms with Crippen molar-refractivity contribution in [2.24, 2.45) is 5.92 Å². The van der Waals surface area contributed by atoms with Crippen LogP contribution < -0.4 is 10.6 Å². The summed E-state index contributed by atoms with van der Waals surface area (Å²) in [5.41, 5.74) is 0.364. The van der Waals surface area contributed by atoms with Crippen LogP contribution in [0.3, 0.4) is 0 Å². The third kappa shape index (κ3) is 4.16. The number of carbonyl (C=O) groups excluding carboxylic acids is 1. The van der Waals surface area contributed by atoms with Crippen molar-refractivity contribution in [3.8, 4) is 0 Å². The molecule has 0 unspecified atom stereocenters. The van der Waals surface area contributed by atoms with Gasteiger partial charge < -0.3 is 15.4 Å². The van der Waals surface area contributed by atoms with E-state index < -0.39 is 4.92 Å². The SMILES string of the molecule is CNc1c(C(=O)NCCOCC2CC2)cccc1[N+](=O)[O-]. The summed E-state index contributed by atoms with van der Waals surface area (Å²) in [4.78, 5) is 22.5. The van der Waals surface area contributed by atoms with E-state index in [9.17, 15) is 14.9 Å². The highest BCUT2D eigenvalue weighted by Crippen LogP contribution is 2.29. The van der Waals surface area contributed by atoms with Crippen molar-refractivity contribution >= 4 is 17.3 Å². The molecule has 114 valence electrons. The molecule has 1 aliphatic carbocycles. The Labute approximate surface area is 122 Å². The number of nitrogens with one attached hydrogen (secondary N) is 2. The van der Waals surface area contributed by atoms with Crippen LogP contribution in [0.2, 0.25) is 0 Å². The third-order valence-corrected chi connectivity index (χ3v) is 3.32. The van der Waals surface area contributed by atoms with Gasteiger partial charge >= 0.3 is 0 Å². The Bertz CT molecular complexity index is 529. The van der Waals surface area contributed by atoms with E-state index in [-0.39, 0.29) is 22.8 Å². The van der Waals surface area contributed by atoms with Gasteiger partial charge in [-0.05, 0) is 24.8 Å². The summed E-state index contributed by atoms with van der Waals surface area (Å²) in [5, 5.41) is 16.4. The second-order valence-corrected chi connectivity index (χ2v) is 4.98. The molecule has 0 bridgehead atoms. The molecular weight excluding hydrogens is 274 g/mol. The van der Waals surface area contributed by atoms with E-state index in [1.54, 1.807) is 13.1 Å². The van der Waals surface area contributed by atoms with E-state index in [0.29, 0.717) is 19.1 Å². The number of hydrogen-bond acceptors (Lipinski definition) is 5. The van der Waals surface area contributed by atoms with E-state index >= 15 is 0 Å². The molecule has 0 aliphatic heterocycles. The number of nitro benzene ring substituents is 1. The van der Waals surface area contributed by atoms with Crippen molar-refractivity contribution in [3.05, 3.63) is 33.9 Å². The van der Waals surface area contributed by atoms with Crippen LogP contribution >= 0.6 is 0 Å². The molecule has 1 saturated carbocycles. The van der Waals surface area contributed by atoms with Crippen LogP contribution in [0.15, 0.2) is 18.2 Å². The molecule has 0 atom stereocenters. The van der Waals surface area contributed by atoms with Gasteiger partial charge in [-0.3, -0.25) is 14.9 Å². The monoisotopic (exact) mass is 293 g/mol. The lowest BCUT2D eigenvalue weighted by Crippen LogP contribution is -2.28. The highest BCUT2D eigenvalue weighted by Gasteiger charge is 2.22. The first-order valence-electron chi connectivity index (χ1n) is 6.94. The lowest BCUT2D eigenvalue weighted by molar-refractivity contribution is -0.384. The molecule has 1 amide bonds. The molecule has 0 saturated heterocycles. The van der Waals surface area contributed by atoms with E-state index in [1.807, 2.05) is 0 Å². The zero-order chi connectivity index (χ0) is 15.2. The topological polar surface area (TPSA) is 93.5 Å². The number of benzene rings is 1. The van der Waals surface area contributed by atoms with E-state index in [0.717, 1.165) is 6.61 Å². The summed E-state index contributed by atoms with van der Waals surface area (Å²) in [5.74, 6) is 0.339. The van der Waals surface area contributed by atoms with Crippen LogP contribution in [0.4, 0.5) is 11.4 Å². The smallest absolute Gasteiger partial charge is 0.293 e. The molecule has 2 N–H and O–H groups in total. The minimum Gasteiger partial charge on any atom is -0.382 e. The normalized spacial score (nSPS) is 13.8. The fourth-order valence-corrected chi connectivity index (χ4v) is 2.01. The maximum atomic E-state index is 12.1. The average Bonchev–Trinajstić information content (AvgIpc) is 3.29. The minimum atomic E-state index is -0.513. The molecule has 7 nitrogen and oxygen atoms in total. The van der Waals surface area contributed by atoms with Gasteiger partial charge in [0.2, 0.25) is 0 Å². The highest BCUT2D eigenvalue weighted by molar-refractivity contribution is 6.01. The molecule has 0 heterocycles. The van der Waals surface area contributed by atoms with Crippen LogP contribution in [0.1, 0.15) is 23.2 Å². The fourth-order valence-electron chi connectivity index (χ4n) is 2.01. The maximum Gasteiger partial charge on any atom is 0.293 e. The van der Waals surface area contributed by atoms with Gasteiger partial charge in [-0.25, -0.2) is 0 Å². The summed E-state index contributed by atoms with van der Waals surface area (Å²) in [6, 6.07) is 4.41. The van der Waals surface area contributed by atoms with Crippen LogP contribution in [0.25, 0.3) is 0 Å². The Hall–Kier alpha value is -2.15. The quantitative estimate of drug-likeness (QED) is 0.433. The Morgan fingerprint density at radius 3 is 2.86 bits per heavy atom. The first kappa shape index (κ1) is 15.2. The van der Waals surface area contributed by atoms with E-state index in [2.05, 4.69) is 10.6 Å². The second kappa shape index (κ2) is 7.03. The average molecular weight is 293 g/mol. The van der Waals surface area contributed by atoms with Crippen molar-refractivity contribution < 1.29 is 14.5 Å². The van der Waals surface area contributed by atoms with Gasteiger partial charge in [0.15, 0.2) is 0 Å². The van der Waals surface area contributed by atoms with Crippen molar-refractivity contribution in [1.82, 2.24) is 5.32 Å². The van der Waals surface area contributed by atoms with Crippen molar-refractivity contribution in [2.45, 2.75) is 12.8 Å². The summed E-state index contributed by atoms with van der Waals surface area (Å²) in [7, 11) is 1.55. The second-order valence-electron chi connectivity index (χ2n) is 4.98. The van der Waals surface area contributed by atoms with Crippen LogP contribution in [-0.4, -0.2) is 37.6 Å². The van der Waals surface area contributed by atoms with Gasteiger partial charge in [0, 0.05) is 26.3 Å². The molecule has 1 aromatic carbocycles. The first-order valence-corrected chi connectivity index (χ1v) is 6.94. The number of amides is 1. The number of rotatable bonds is 8. The number of nitro groups is 1. The summed E-state index contributed by atoms with van der Waals surface area (Å²) in [6.45, 7) is 1.58. The summed E-state index contributed by atoms with van der Waals surface area (Å²) < 4.78 is 5.42. The molecule has 0 aromatic heterocycles. The van der Waals surface area contributed by atoms with Gasteiger partial charge in [-0.2, -0.15) is 0 Å². The minimum absolute atomic E-state index is 0.116. The molecule has 0 spiro atoms. The largest absolute Gasteiger partial charge is 0.382 e. The van der Waals surface area contributed by atoms with Gasteiger partial charge in [0.25, 0.3) is 11.6 Å². The molecule has 1 aromatic rings. The standard InChI is InChI=1S/C14H19N3O4/c1-15-13-11(3-2-4-12(13)17(19)20)14(18)16-7-8-21-9-10-5-6-10/h2-4,10,15H,5-9H2,1H3,(H,16,18). The zero-order valence-electron chi connectivity index (χ0n) is 11.9. The Kier molecular flexibility index (Phi) is 5.10. The Morgan fingerprint density at radius 2 is 2.24 bits per heavy atom. The number of nitrogens with zero attached hydrogens (tertiary/aromatic N) is 1. The molecule has 7 heteroatoms. The zero-order valence-corrected chi connectivity index (χ0v) is 11.9. The number of anilines is 1. The maximum absolute atomic E-state index is 12.1. The summed E-state index contributed by atoms with van der Waals surface area (Å²) in [6.07, 6.45) is 2.46. The molecule has 21 heavy (non-hydrogen) atoms. The van der Waals surface area contributed by atoms with Crippen molar-refractivity contribution in [1.29, 1.82) is 0 Å². The summed E-state index contributed by atoms with van der Waals surface area (Å²) >= 11 is 0. The molecular formula is C14H19N3O4. The first-order chi connectivity index (χ1) is 10.1.